The van der Waals surface area contributed by atoms with Gasteiger partial charge in [0.05, 0.1) is 6.21 Å². The fraction of sp³-hybridized carbons (Fsp3) is 0.115. The van der Waals surface area contributed by atoms with E-state index >= 15 is 0 Å². The number of hydrogen-bond donors (Lipinski definition) is 2. The number of hydrazone groups is 1. The lowest BCUT2D eigenvalue weighted by Gasteiger charge is -2.12. The van der Waals surface area contributed by atoms with E-state index in [2.05, 4.69) is 15.8 Å². The highest BCUT2D eigenvalue weighted by Gasteiger charge is 2.14. The highest BCUT2D eigenvalue weighted by molar-refractivity contribution is 7.98. The number of carbonyl (C=O) groups is 2. The predicted octanol–water partition coefficient (Wildman–Crippen LogP) is 4.40. The Morgan fingerprint density at radius 2 is 1.52 bits per heavy atom. The van der Waals surface area contributed by atoms with Crippen molar-refractivity contribution in [2.45, 2.75) is 4.90 Å². The molecule has 0 fully saturated rings. The Hall–Kier alpha value is -3.84. The van der Waals surface area contributed by atoms with Crippen molar-refractivity contribution in [3.63, 3.8) is 0 Å². The average molecular weight is 459 g/mol. The summed E-state index contributed by atoms with van der Waals surface area (Å²) in [6.07, 6.45) is 5.19. The number of amides is 2. The molecule has 0 aromatic heterocycles. The van der Waals surface area contributed by atoms with Gasteiger partial charge in [-0.05, 0) is 59.9 Å². The van der Waals surface area contributed by atoms with Crippen LogP contribution < -0.4 is 15.6 Å². The summed E-state index contributed by atoms with van der Waals surface area (Å²) in [5.74, 6) is -0.897. The summed E-state index contributed by atoms with van der Waals surface area (Å²) in [5.41, 5.74) is 5.71. The van der Waals surface area contributed by atoms with Crippen LogP contribution in [0.2, 0.25) is 0 Å². The average Bonchev–Trinajstić information content (AvgIpc) is 2.84. The molecule has 6 nitrogen and oxygen atoms in total. The molecule has 0 aliphatic carbocycles. The third kappa shape index (κ3) is 7.08. The van der Waals surface area contributed by atoms with Crippen LogP contribution in [0.3, 0.4) is 0 Å². The van der Waals surface area contributed by atoms with Crippen LogP contribution in [-0.4, -0.2) is 38.4 Å². The maximum atomic E-state index is 12.9. The smallest absolute Gasteiger partial charge is 0.287 e. The van der Waals surface area contributed by atoms with Crippen molar-refractivity contribution in [1.29, 1.82) is 0 Å². The molecule has 0 aliphatic heterocycles. The van der Waals surface area contributed by atoms with Gasteiger partial charge in [0.15, 0.2) is 0 Å². The van der Waals surface area contributed by atoms with Gasteiger partial charge in [-0.2, -0.15) is 5.10 Å². The van der Waals surface area contributed by atoms with E-state index in [-0.39, 0.29) is 11.6 Å². The molecule has 0 atom stereocenters. The maximum Gasteiger partial charge on any atom is 0.287 e. The van der Waals surface area contributed by atoms with Crippen molar-refractivity contribution in [1.82, 2.24) is 10.7 Å². The number of hydrogen-bond acceptors (Lipinski definition) is 5. The molecule has 0 aliphatic rings. The Labute approximate surface area is 198 Å². The van der Waals surface area contributed by atoms with Crippen molar-refractivity contribution >= 4 is 41.6 Å². The molecule has 2 N–H and O–H groups in total. The van der Waals surface area contributed by atoms with Gasteiger partial charge in [0.2, 0.25) is 0 Å². The standard InChI is InChI=1S/C26H26N4O2S/c1-30(2)22-13-9-19(10-14-22)17-24(28-25(31)21-7-5-4-6-8-21)26(32)29-27-18-20-11-15-23(33-3)16-12-20/h4-18H,1-3H3,(H,28,31)(H,29,32)/b24-17+,27-18+. The van der Waals surface area contributed by atoms with Crippen LogP contribution in [0.1, 0.15) is 21.5 Å². The third-order valence-electron chi connectivity index (χ3n) is 4.74. The van der Waals surface area contributed by atoms with E-state index in [1.807, 2.05) is 79.8 Å². The van der Waals surface area contributed by atoms with Gasteiger partial charge in [0.1, 0.15) is 5.70 Å². The summed E-state index contributed by atoms with van der Waals surface area (Å²) >= 11 is 1.65. The maximum absolute atomic E-state index is 12.9. The van der Waals surface area contributed by atoms with Gasteiger partial charge < -0.3 is 10.2 Å². The normalized spacial score (nSPS) is 11.3. The van der Waals surface area contributed by atoms with Gasteiger partial charge in [0, 0.05) is 30.2 Å². The van der Waals surface area contributed by atoms with Crippen LogP contribution in [0.4, 0.5) is 5.69 Å². The quantitative estimate of drug-likeness (QED) is 0.227. The number of rotatable bonds is 8. The molecule has 33 heavy (non-hydrogen) atoms. The number of anilines is 1. The van der Waals surface area contributed by atoms with Crippen LogP contribution in [0.5, 0.6) is 0 Å². The zero-order chi connectivity index (χ0) is 23.6. The van der Waals surface area contributed by atoms with Crippen molar-refractivity contribution < 1.29 is 9.59 Å². The van der Waals surface area contributed by atoms with E-state index in [9.17, 15) is 9.59 Å². The molecule has 3 rings (SSSR count). The van der Waals surface area contributed by atoms with Gasteiger partial charge >= 0.3 is 0 Å². The van der Waals surface area contributed by atoms with Gasteiger partial charge in [-0.25, -0.2) is 5.43 Å². The molecule has 2 amide bonds. The summed E-state index contributed by atoms with van der Waals surface area (Å²) < 4.78 is 0. The van der Waals surface area contributed by atoms with E-state index in [1.54, 1.807) is 48.3 Å². The Kier molecular flexibility index (Phi) is 8.43. The monoisotopic (exact) mass is 458 g/mol. The molecule has 3 aromatic rings. The molecule has 0 saturated heterocycles. The Balaban J connectivity index is 1.79. The van der Waals surface area contributed by atoms with E-state index in [4.69, 9.17) is 0 Å². The second-order valence-corrected chi connectivity index (χ2v) is 8.22. The zero-order valence-electron chi connectivity index (χ0n) is 18.8. The van der Waals surface area contributed by atoms with Gasteiger partial charge in [-0.15, -0.1) is 11.8 Å². The molecule has 0 heterocycles. The summed E-state index contributed by atoms with van der Waals surface area (Å²) in [6.45, 7) is 0. The van der Waals surface area contributed by atoms with Gasteiger partial charge in [-0.3, -0.25) is 9.59 Å². The van der Waals surface area contributed by atoms with Gasteiger partial charge in [0.25, 0.3) is 11.8 Å². The molecule has 0 unspecified atom stereocenters. The Morgan fingerprint density at radius 3 is 2.12 bits per heavy atom. The van der Waals surface area contributed by atoms with Crippen molar-refractivity contribution in [2.24, 2.45) is 5.10 Å². The summed E-state index contributed by atoms with van der Waals surface area (Å²) in [7, 11) is 3.91. The summed E-state index contributed by atoms with van der Waals surface area (Å²) in [5, 5.41) is 6.75. The molecule has 3 aromatic carbocycles. The molecule has 0 radical (unpaired) electrons. The van der Waals surface area contributed by atoms with E-state index in [1.165, 1.54) is 0 Å². The second-order valence-electron chi connectivity index (χ2n) is 7.34. The van der Waals surface area contributed by atoms with Crippen LogP contribution >= 0.6 is 11.8 Å². The number of benzene rings is 3. The van der Waals surface area contributed by atoms with Crippen molar-refractivity contribution in [3.05, 3.63) is 101 Å². The minimum Gasteiger partial charge on any atom is -0.378 e. The van der Waals surface area contributed by atoms with E-state index in [0.29, 0.717) is 5.56 Å². The highest BCUT2D eigenvalue weighted by atomic mass is 32.2. The minimum atomic E-state index is -0.520. The topological polar surface area (TPSA) is 73.8 Å². The Morgan fingerprint density at radius 1 is 0.879 bits per heavy atom. The summed E-state index contributed by atoms with van der Waals surface area (Å²) in [6, 6.07) is 24.2. The predicted molar refractivity (Wildman–Crippen MR) is 137 cm³/mol. The molecule has 7 heteroatoms. The van der Waals surface area contributed by atoms with E-state index < -0.39 is 5.91 Å². The molecular formula is C26H26N4O2S. The molecule has 0 bridgehead atoms. The third-order valence-corrected chi connectivity index (χ3v) is 5.49. The van der Waals surface area contributed by atoms with E-state index in [0.717, 1.165) is 21.7 Å². The fourth-order valence-electron chi connectivity index (χ4n) is 2.89. The molecule has 0 saturated carbocycles. The molecule has 0 spiro atoms. The zero-order valence-corrected chi connectivity index (χ0v) is 19.6. The van der Waals surface area contributed by atoms with Crippen molar-refractivity contribution in [2.75, 3.05) is 25.3 Å². The lowest BCUT2D eigenvalue weighted by atomic mass is 10.1. The Bertz CT molecular complexity index is 1140. The minimum absolute atomic E-state index is 0.0938. The first kappa shape index (κ1) is 23.8. The second kappa shape index (κ2) is 11.7. The molecular weight excluding hydrogens is 432 g/mol. The first-order chi connectivity index (χ1) is 16.0. The number of nitrogens with zero attached hydrogens (tertiary/aromatic N) is 2. The van der Waals surface area contributed by atoms with Gasteiger partial charge in [-0.1, -0.05) is 42.5 Å². The first-order valence-electron chi connectivity index (χ1n) is 10.3. The number of thioether (sulfide) groups is 1. The SMILES string of the molecule is CSc1ccc(/C=N/NC(=O)/C(=C\c2ccc(N(C)C)cc2)NC(=O)c2ccccc2)cc1. The fourth-order valence-corrected chi connectivity index (χ4v) is 3.30. The first-order valence-corrected chi connectivity index (χ1v) is 11.5. The largest absolute Gasteiger partial charge is 0.378 e. The lowest BCUT2D eigenvalue weighted by molar-refractivity contribution is -0.117. The van der Waals surface area contributed by atoms with Crippen LogP contribution in [0.25, 0.3) is 6.08 Å². The van der Waals surface area contributed by atoms with Crippen LogP contribution in [0, 0.1) is 0 Å². The van der Waals surface area contributed by atoms with Crippen LogP contribution in [0.15, 0.2) is 94.6 Å². The van der Waals surface area contributed by atoms with Crippen LogP contribution in [-0.2, 0) is 4.79 Å². The summed E-state index contributed by atoms with van der Waals surface area (Å²) in [4.78, 5) is 28.7. The highest BCUT2D eigenvalue weighted by Crippen LogP contribution is 2.15. The van der Waals surface area contributed by atoms with Crippen molar-refractivity contribution in [3.8, 4) is 0 Å². The number of carbonyl (C=O) groups excluding carboxylic acids is 2. The number of nitrogens with one attached hydrogen (secondary N) is 2. The molecule has 168 valence electrons. The lowest BCUT2D eigenvalue weighted by Crippen LogP contribution is -2.32.